The highest BCUT2D eigenvalue weighted by Crippen LogP contribution is 2.38. The molecular formula is C21H22FN3O6. The molecule has 3 N–H and O–H groups in total. The lowest BCUT2D eigenvalue weighted by Gasteiger charge is -2.14. The summed E-state index contributed by atoms with van der Waals surface area (Å²) in [5.74, 6) is -1.48. The molecule has 0 aromatic heterocycles. The number of anilines is 2. The van der Waals surface area contributed by atoms with Crippen LogP contribution >= 0.6 is 0 Å². The Labute approximate surface area is 178 Å². The van der Waals surface area contributed by atoms with Gasteiger partial charge in [-0.2, -0.15) is 0 Å². The van der Waals surface area contributed by atoms with Crippen molar-refractivity contribution in [3.63, 3.8) is 0 Å². The predicted octanol–water partition coefficient (Wildman–Crippen LogP) is 2.34. The highest BCUT2D eigenvalue weighted by atomic mass is 19.1. The Bertz CT molecular complexity index is 984. The van der Waals surface area contributed by atoms with Crippen molar-refractivity contribution in [2.24, 2.45) is 0 Å². The fourth-order valence-electron chi connectivity index (χ4n) is 2.56. The van der Waals surface area contributed by atoms with E-state index < -0.39 is 23.5 Å². The summed E-state index contributed by atoms with van der Waals surface area (Å²) in [5.41, 5.74) is 0.301. The number of halogens is 1. The molecule has 0 radical (unpaired) electrons. The molecule has 0 unspecified atom stereocenters. The quantitative estimate of drug-likeness (QED) is 0.525. The van der Waals surface area contributed by atoms with E-state index in [4.69, 9.17) is 14.2 Å². The van der Waals surface area contributed by atoms with Gasteiger partial charge in [0.2, 0.25) is 17.6 Å². The van der Waals surface area contributed by atoms with Gasteiger partial charge in [0, 0.05) is 11.3 Å². The Morgan fingerprint density at radius 3 is 2.19 bits per heavy atom. The van der Waals surface area contributed by atoms with Gasteiger partial charge < -0.3 is 30.2 Å². The first kappa shape index (κ1) is 23.2. The molecule has 0 saturated carbocycles. The molecular weight excluding hydrogens is 409 g/mol. The number of carbonyl (C=O) groups is 3. The molecule has 0 fully saturated rings. The number of nitrogens with one attached hydrogen (secondary N) is 3. The van der Waals surface area contributed by atoms with Crippen LogP contribution in [0.1, 0.15) is 10.4 Å². The molecule has 0 aliphatic rings. The molecule has 2 aromatic rings. The number of benzene rings is 2. The first-order valence-corrected chi connectivity index (χ1v) is 8.94. The normalized spacial score (nSPS) is 9.94. The van der Waals surface area contributed by atoms with E-state index in [0.29, 0.717) is 5.75 Å². The predicted molar refractivity (Wildman–Crippen MR) is 112 cm³/mol. The molecule has 0 heterocycles. The van der Waals surface area contributed by atoms with E-state index in [9.17, 15) is 18.8 Å². The van der Waals surface area contributed by atoms with Gasteiger partial charge in [-0.1, -0.05) is 6.58 Å². The van der Waals surface area contributed by atoms with Gasteiger partial charge in [0.05, 0.1) is 33.6 Å². The number of methoxy groups -OCH3 is 3. The molecule has 164 valence electrons. The molecule has 0 spiro atoms. The molecule has 2 aromatic carbocycles. The maximum atomic E-state index is 13.8. The van der Waals surface area contributed by atoms with Gasteiger partial charge in [-0.05, 0) is 36.4 Å². The fraction of sp³-hybridized carbons (Fsp3) is 0.190. The van der Waals surface area contributed by atoms with Crippen molar-refractivity contribution in [1.82, 2.24) is 5.32 Å². The number of rotatable bonds is 9. The molecule has 3 amide bonds. The average Bonchev–Trinajstić information content (AvgIpc) is 2.78. The Balaban J connectivity index is 2.05. The van der Waals surface area contributed by atoms with Gasteiger partial charge in [0.1, 0.15) is 5.82 Å². The van der Waals surface area contributed by atoms with Crippen LogP contribution in [-0.4, -0.2) is 45.6 Å². The van der Waals surface area contributed by atoms with Crippen molar-refractivity contribution in [3.8, 4) is 17.2 Å². The number of amides is 3. The van der Waals surface area contributed by atoms with E-state index >= 15 is 0 Å². The minimum atomic E-state index is -0.677. The monoisotopic (exact) mass is 431 g/mol. The van der Waals surface area contributed by atoms with Crippen LogP contribution in [0.3, 0.4) is 0 Å². The SMILES string of the molecule is C=CC(=O)Nc1cc(NC(=O)CNC(=O)c2cc(OC)c(OC)c(OC)c2)ccc1F. The summed E-state index contributed by atoms with van der Waals surface area (Å²) in [6.45, 7) is 2.93. The zero-order chi connectivity index (χ0) is 23.0. The zero-order valence-corrected chi connectivity index (χ0v) is 17.2. The average molecular weight is 431 g/mol. The summed E-state index contributed by atoms with van der Waals surface area (Å²) in [6.07, 6.45) is 0.989. The molecule has 0 saturated heterocycles. The number of carbonyl (C=O) groups excluding carboxylic acids is 3. The van der Waals surface area contributed by atoms with E-state index in [-0.39, 0.29) is 35.0 Å². The molecule has 0 aliphatic carbocycles. The van der Waals surface area contributed by atoms with E-state index in [1.165, 1.54) is 45.6 Å². The minimum absolute atomic E-state index is 0.121. The number of hydrogen-bond donors (Lipinski definition) is 3. The van der Waals surface area contributed by atoms with Crippen LogP contribution in [0, 0.1) is 5.82 Å². The number of hydrogen-bond acceptors (Lipinski definition) is 6. The third kappa shape index (κ3) is 5.95. The lowest BCUT2D eigenvalue weighted by Crippen LogP contribution is -2.32. The van der Waals surface area contributed by atoms with Crippen molar-refractivity contribution >= 4 is 29.1 Å². The van der Waals surface area contributed by atoms with E-state index in [1.54, 1.807) is 0 Å². The molecule has 0 bridgehead atoms. The molecule has 31 heavy (non-hydrogen) atoms. The highest BCUT2D eigenvalue weighted by Gasteiger charge is 2.17. The zero-order valence-electron chi connectivity index (χ0n) is 17.2. The Hall–Kier alpha value is -4.08. The molecule has 0 atom stereocenters. The van der Waals surface area contributed by atoms with Crippen molar-refractivity contribution in [2.75, 3.05) is 38.5 Å². The summed E-state index contributed by atoms with van der Waals surface area (Å²) in [6, 6.07) is 6.54. The van der Waals surface area contributed by atoms with E-state index in [0.717, 1.165) is 12.1 Å². The van der Waals surface area contributed by atoms with Gasteiger partial charge in [-0.25, -0.2) is 4.39 Å². The Morgan fingerprint density at radius 2 is 1.65 bits per heavy atom. The second-order valence-electron chi connectivity index (χ2n) is 6.03. The maximum absolute atomic E-state index is 13.8. The molecule has 10 heteroatoms. The highest BCUT2D eigenvalue weighted by molar-refractivity contribution is 6.01. The van der Waals surface area contributed by atoms with Gasteiger partial charge >= 0.3 is 0 Å². The standard InChI is InChI=1S/C21H22FN3O6/c1-5-18(26)25-15-10-13(6-7-14(15)22)24-19(27)11-23-21(28)12-8-16(29-2)20(31-4)17(9-12)30-3/h5-10H,1,11H2,2-4H3,(H,23,28)(H,24,27)(H,25,26). The lowest BCUT2D eigenvalue weighted by atomic mass is 10.1. The third-order valence-electron chi connectivity index (χ3n) is 4.03. The number of ether oxygens (including phenoxy) is 3. The summed E-state index contributed by atoms with van der Waals surface area (Å²) >= 11 is 0. The summed E-state index contributed by atoms with van der Waals surface area (Å²) in [4.78, 5) is 36.0. The van der Waals surface area contributed by atoms with Crippen LogP contribution in [0.2, 0.25) is 0 Å². The van der Waals surface area contributed by atoms with E-state index in [2.05, 4.69) is 22.5 Å². The first-order valence-electron chi connectivity index (χ1n) is 8.94. The largest absolute Gasteiger partial charge is 0.493 e. The smallest absolute Gasteiger partial charge is 0.251 e. The molecule has 9 nitrogen and oxygen atoms in total. The van der Waals surface area contributed by atoms with Crippen molar-refractivity contribution in [1.29, 1.82) is 0 Å². The Morgan fingerprint density at radius 1 is 1.00 bits per heavy atom. The van der Waals surface area contributed by atoms with Gasteiger partial charge in [0.25, 0.3) is 5.91 Å². The van der Waals surface area contributed by atoms with Crippen molar-refractivity contribution in [2.45, 2.75) is 0 Å². The van der Waals surface area contributed by atoms with Gasteiger partial charge in [0.15, 0.2) is 11.5 Å². The summed E-state index contributed by atoms with van der Waals surface area (Å²) < 4.78 is 29.4. The van der Waals surface area contributed by atoms with Gasteiger partial charge in [-0.3, -0.25) is 14.4 Å². The third-order valence-corrected chi connectivity index (χ3v) is 4.03. The van der Waals surface area contributed by atoms with Crippen molar-refractivity contribution < 1.29 is 33.0 Å². The van der Waals surface area contributed by atoms with Gasteiger partial charge in [-0.15, -0.1) is 0 Å². The molecule has 2 rings (SSSR count). The Kier molecular flexibility index (Phi) is 7.95. The second kappa shape index (κ2) is 10.6. The van der Waals surface area contributed by atoms with Crippen LogP contribution in [-0.2, 0) is 9.59 Å². The van der Waals surface area contributed by atoms with Crippen LogP contribution < -0.4 is 30.2 Å². The topological polar surface area (TPSA) is 115 Å². The van der Waals surface area contributed by atoms with Crippen LogP contribution in [0.5, 0.6) is 17.2 Å². The van der Waals surface area contributed by atoms with Crippen LogP contribution in [0.15, 0.2) is 43.0 Å². The summed E-state index contributed by atoms with van der Waals surface area (Å²) in [5, 5.41) is 7.26. The maximum Gasteiger partial charge on any atom is 0.251 e. The second-order valence-corrected chi connectivity index (χ2v) is 6.03. The van der Waals surface area contributed by atoms with Crippen LogP contribution in [0.4, 0.5) is 15.8 Å². The van der Waals surface area contributed by atoms with E-state index in [1.807, 2.05) is 0 Å². The van der Waals surface area contributed by atoms with Crippen molar-refractivity contribution in [3.05, 3.63) is 54.4 Å². The molecule has 0 aliphatic heterocycles. The minimum Gasteiger partial charge on any atom is -0.493 e. The fourth-order valence-corrected chi connectivity index (χ4v) is 2.56. The van der Waals surface area contributed by atoms with Crippen LogP contribution in [0.25, 0.3) is 0 Å². The summed E-state index contributed by atoms with van der Waals surface area (Å²) in [7, 11) is 4.27. The first-order chi connectivity index (χ1) is 14.8. The lowest BCUT2D eigenvalue weighted by molar-refractivity contribution is -0.115.